The van der Waals surface area contributed by atoms with Crippen LogP contribution in [0.15, 0.2) is 97.1 Å². The van der Waals surface area contributed by atoms with Gasteiger partial charge in [-0.05, 0) is 63.6 Å². The summed E-state index contributed by atoms with van der Waals surface area (Å²) in [5, 5.41) is 0.0396. The average molecular weight is 412 g/mol. The summed E-state index contributed by atoms with van der Waals surface area (Å²) in [5.74, 6) is 0. The molecular weight excluding hydrogens is 391 g/mol. The summed E-state index contributed by atoms with van der Waals surface area (Å²) in [6.07, 6.45) is 6.00. The lowest BCUT2D eigenvalue weighted by molar-refractivity contribution is 0.387. The molecule has 0 aromatic heterocycles. The molecule has 0 aliphatic heterocycles. The third-order valence-corrected chi connectivity index (χ3v) is 7.17. The minimum Gasteiger partial charge on any atom is -0.321 e. The third kappa shape index (κ3) is 2.31. The second-order valence-corrected chi connectivity index (χ2v) is 9.25. The van der Waals surface area contributed by atoms with Gasteiger partial charge in [0, 0.05) is 0 Å². The summed E-state index contributed by atoms with van der Waals surface area (Å²) in [4.78, 5) is 19.8. The highest BCUT2D eigenvalue weighted by molar-refractivity contribution is 7.60. The number of allylic oxidation sites excluding steroid dienone is 5. The van der Waals surface area contributed by atoms with E-state index in [2.05, 4.69) is 36.9 Å². The minimum absolute atomic E-state index is 0.0396. The molecule has 30 heavy (non-hydrogen) atoms. The topological polar surface area (TPSA) is 57.5 Å². The Morgan fingerprint density at radius 1 is 0.867 bits per heavy atom. The fourth-order valence-electron chi connectivity index (χ4n) is 5.17. The van der Waals surface area contributed by atoms with Crippen LogP contribution in [-0.2, 0) is 9.98 Å². The van der Waals surface area contributed by atoms with Crippen LogP contribution in [-0.4, -0.2) is 9.79 Å². The average Bonchev–Trinajstić information content (AvgIpc) is 3.19. The van der Waals surface area contributed by atoms with Gasteiger partial charge in [-0.15, -0.1) is 0 Å². The van der Waals surface area contributed by atoms with Gasteiger partial charge >= 0.3 is 7.60 Å². The molecule has 0 saturated heterocycles. The van der Waals surface area contributed by atoms with E-state index in [0.717, 1.165) is 44.5 Å². The first-order chi connectivity index (χ1) is 14.4. The van der Waals surface area contributed by atoms with Crippen molar-refractivity contribution in [3.8, 4) is 11.1 Å². The number of fused-ring (bicyclic) bond motifs is 7. The Kier molecular flexibility index (Phi) is 4.13. The SMILES string of the molecule is C=CC1=C(/C=C\C)C2(c3ccccc31)c1ccccc1-c1ccc(P(=O)(O)O)cc12. The smallest absolute Gasteiger partial charge is 0.321 e. The van der Waals surface area contributed by atoms with Gasteiger partial charge in [0.05, 0.1) is 10.7 Å². The molecule has 2 aliphatic rings. The van der Waals surface area contributed by atoms with Crippen molar-refractivity contribution in [2.75, 3.05) is 0 Å². The molecule has 5 rings (SSSR count). The lowest BCUT2D eigenvalue weighted by Gasteiger charge is -2.31. The molecule has 1 unspecified atom stereocenters. The van der Waals surface area contributed by atoms with E-state index < -0.39 is 13.0 Å². The molecule has 148 valence electrons. The van der Waals surface area contributed by atoms with Gasteiger partial charge in [0.25, 0.3) is 0 Å². The van der Waals surface area contributed by atoms with Gasteiger partial charge in [-0.1, -0.05) is 79.4 Å². The molecule has 0 bridgehead atoms. The number of rotatable bonds is 3. The first-order valence-corrected chi connectivity index (χ1v) is 11.5. The normalized spacial score (nSPS) is 19.3. The Hall–Kier alpha value is -2.97. The highest BCUT2D eigenvalue weighted by Gasteiger charge is 2.52. The maximum Gasteiger partial charge on any atom is 0.356 e. The van der Waals surface area contributed by atoms with Crippen molar-refractivity contribution in [2.45, 2.75) is 12.3 Å². The molecule has 3 aromatic rings. The largest absolute Gasteiger partial charge is 0.356 e. The Morgan fingerprint density at radius 2 is 1.47 bits per heavy atom. The summed E-state index contributed by atoms with van der Waals surface area (Å²) in [5.41, 5.74) is 7.83. The highest BCUT2D eigenvalue weighted by atomic mass is 31.2. The molecular formula is C26H21O3P. The molecule has 0 fully saturated rings. The van der Waals surface area contributed by atoms with E-state index in [9.17, 15) is 14.4 Å². The van der Waals surface area contributed by atoms with Gasteiger partial charge in [0.1, 0.15) is 0 Å². The zero-order valence-corrected chi connectivity index (χ0v) is 17.4. The van der Waals surface area contributed by atoms with E-state index in [1.165, 1.54) is 0 Å². The zero-order chi connectivity index (χ0) is 21.1. The monoisotopic (exact) mass is 412 g/mol. The van der Waals surface area contributed by atoms with E-state index in [1.807, 2.05) is 49.4 Å². The summed E-state index contributed by atoms with van der Waals surface area (Å²) in [7, 11) is -4.40. The molecule has 1 spiro atoms. The molecule has 4 heteroatoms. The minimum atomic E-state index is -4.40. The van der Waals surface area contributed by atoms with Gasteiger partial charge in [0.15, 0.2) is 0 Å². The zero-order valence-electron chi connectivity index (χ0n) is 16.5. The summed E-state index contributed by atoms with van der Waals surface area (Å²) in [6, 6.07) is 21.6. The van der Waals surface area contributed by atoms with Crippen molar-refractivity contribution < 1.29 is 14.4 Å². The maximum absolute atomic E-state index is 12.1. The van der Waals surface area contributed by atoms with Gasteiger partial charge in [0.2, 0.25) is 0 Å². The molecule has 3 aromatic carbocycles. The van der Waals surface area contributed by atoms with Crippen LogP contribution in [0, 0.1) is 0 Å². The third-order valence-electron chi connectivity index (χ3n) is 6.22. The van der Waals surface area contributed by atoms with Crippen molar-refractivity contribution in [1.29, 1.82) is 0 Å². The van der Waals surface area contributed by atoms with Crippen LogP contribution in [0.5, 0.6) is 0 Å². The summed E-state index contributed by atoms with van der Waals surface area (Å²) < 4.78 is 12.1. The van der Waals surface area contributed by atoms with E-state index in [4.69, 9.17) is 0 Å². The highest BCUT2D eigenvalue weighted by Crippen LogP contribution is 2.62. The fraction of sp³-hybridized carbons (Fsp3) is 0.0769. The molecule has 1 atom stereocenters. The van der Waals surface area contributed by atoms with Gasteiger partial charge in [-0.25, -0.2) is 0 Å². The van der Waals surface area contributed by atoms with Crippen molar-refractivity contribution in [3.05, 3.63) is 119 Å². The van der Waals surface area contributed by atoms with Gasteiger partial charge in [-0.2, -0.15) is 0 Å². The van der Waals surface area contributed by atoms with Crippen LogP contribution in [0.25, 0.3) is 16.7 Å². The molecule has 0 radical (unpaired) electrons. The van der Waals surface area contributed by atoms with Crippen molar-refractivity contribution in [3.63, 3.8) is 0 Å². The summed E-state index contributed by atoms with van der Waals surface area (Å²) in [6.45, 7) is 6.07. The van der Waals surface area contributed by atoms with Gasteiger partial charge < -0.3 is 9.79 Å². The number of hydrogen-bond acceptors (Lipinski definition) is 1. The van der Waals surface area contributed by atoms with E-state index in [1.54, 1.807) is 12.1 Å². The number of benzene rings is 3. The molecule has 0 amide bonds. The predicted molar refractivity (Wildman–Crippen MR) is 122 cm³/mol. The lowest BCUT2D eigenvalue weighted by Crippen LogP contribution is -2.27. The Labute approximate surface area is 175 Å². The Balaban J connectivity index is 2.01. The Morgan fingerprint density at radius 3 is 2.10 bits per heavy atom. The maximum atomic E-state index is 12.1. The van der Waals surface area contributed by atoms with Crippen LogP contribution < -0.4 is 5.30 Å². The first-order valence-electron chi connectivity index (χ1n) is 9.85. The van der Waals surface area contributed by atoms with Crippen LogP contribution in [0.3, 0.4) is 0 Å². The van der Waals surface area contributed by atoms with Crippen molar-refractivity contribution >= 4 is 18.5 Å². The molecule has 2 aliphatic carbocycles. The van der Waals surface area contributed by atoms with Crippen molar-refractivity contribution in [2.24, 2.45) is 0 Å². The predicted octanol–water partition coefficient (Wildman–Crippen LogP) is 5.33. The molecule has 0 saturated carbocycles. The van der Waals surface area contributed by atoms with Crippen molar-refractivity contribution in [1.82, 2.24) is 0 Å². The second-order valence-electron chi connectivity index (χ2n) is 7.65. The first kappa shape index (κ1) is 19.0. The Bertz CT molecular complexity index is 1330. The standard InChI is InChI=1S/C26H21O3P/c1-3-9-22-18(4-2)19-10-5-7-12-23(19)26(22)24-13-8-6-11-20(24)21-15-14-17(16-25(21)26)30(27,28)29/h3-16H,2H2,1H3,(H2,27,28,29)/b9-3-. The number of hydrogen-bond donors (Lipinski definition) is 2. The molecule has 2 N–H and O–H groups in total. The second kappa shape index (κ2) is 6.52. The van der Waals surface area contributed by atoms with Crippen LogP contribution in [0.1, 0.15) is 29.2 Å². The van der Waals surface area contributed by atoms with Crippen LogP contribution >= 0.6 is 7.60 Å². The van der Waals surface area contributed by atoms with Crippen LogP contribution in [0.2, 0.25) is 0 Å². The summed E-state index contributed by atoms with van der Waals surface area (Å²) >= 11 is 0. The van der Waals surface area contributed by atoms with E-state index in [0.29, 0.717) is 0 Å². The van der Waals surface area contributed by atoms with Gasteiger partial charge in [-0.3, -0.25) is 4.57 Å². The fourth-order valence-corrected chi connectivity index (χ4v) is 5.73. The quantitative estimate of drug-likeness (QED) is 0.572. The van der Waals surface area contributed by atoms with E-state index in [-0.39, 0.29) is 5.30 Å². The van der Waals surface area contributed by atoms with Crippen LogP contribution in [0.4, 0.5) is 0 Å². The molecule has 0 heterocycles. The molecule has 3 nitrogen and oxygen atoms in total. The lowest BCUT2D eigenvalue weighted by atomic mass is 9.69. The van der Waals surface area contributed by atoms with E-state index >= 15 is 0 Å².